The monoisotopic (exact) mass is 429 g/mol. The van der Waals surface area contributed by atoms with Crippen molar-refractivity contribution in [1.82, 2.24) is 25.2 Å². The third-order valence-electron chi connectivity index (χ3n) is 4.91. The average Bonchev–Trinajstić information content (AvgIpc) is 3.25. The minimum absolute atomic E-state index is 0.123. The smallest absolute Gasteiger partial charge is 0.408 e. The third kappa shape index (κ3) is 5.48. The molecule has 1 unspecified atom stereocenters. The van der Waals surface area contributed by atoms with Crippen LogP contribution in [0.5, 0.6) is 0 Å². The topological polar surface area (TPSA) is 97.6 Å². The SMILES string of the molecule is O=C(NC(Cc1ccccc1)C(=O)NCc1nnc2ccccn12)OCc1ccccc1. The number of hydrogen-bond donors (Lipinski definition) is 2. The van der Waals surface area contributed by atoms with E-state index >= 15 is 0 Å². The number of alkyl carbamates (subject to hydrolysis) is 1. The normalized spacial score (nSPS) is 11.6. The Hall–Kier alpha value is -4.20. The van der Waals surface area contributed by atoms with Crippen LogP contribution in [0.3, 0.4) is 0 Å². The number of hydrogen-bond acceptors (Lipinski definition) is 5. The number of fused-ring (bicyclic) bond motifs is 1. The van der Waals surface area contributed by atoms with Gasteiger partial charge in [-0.1, -0.05) is 66.7 Å². The molecule has 1 atom stereocenters. The second-order valence-corrected chi connectivity index (χ2v) is 7.21. The summed E-state index contributed by atoms with van der Waals surface area (Å²) in [6.07, 6.45) is 1.50. The van der Waals surface area contributed by atoms with E-state index in [1.165, 1.54) is 0 Å². The Morgan fingerprint density at radius 1 is 0.875 bits per heavy atom. The van der Waals surface area contributed by atoms with Gasteiger partial charge in [0.2, 0.25) is 5.91 Å². The molecule has 162 valence electrons. The molecular weight excluding hydrogens is 406 g/mol. The quantitative estimate of drug-likeness (QED) is 0.449. The van der Waals surface area contributed by atoms with Crippen LogP contribution in [-0.2, 0) is 29.1 Å². The van der Waals surface area contributed by atoms with Crippen molar-refractivity contribution in [2.45, 2.75) is 25.6 Å². The van der Waals surface area contributed by atoms with E-state index in [0.717, 1.165) is 11.1 Å². The molecule has 8 heteroatoms. The van der Waals surface area contributed by atoms with Gasteiger partial charge >= 0.3 is 6.09 Å². The van der Waals surface area contributed by atoms with Gasteiger partial charge in [-0.3, -0.25) is 9.20 Å². The molecule has 2 N–H and O–H groups in total. The molecule has 0 saturated carbocycles. The van der Waals surface area contributed by atoms with Crippen molar-refractivity contribution in [3.63, 3.8) is 0 Å². The Bertz CT molecular complexity index is 1180. The van der Waals surface area contributed by atoms with Gasteiger partial charge in [-0.15, -0.1) is 10.2 Å². The summed E-state index contributed by atoms with van der Waals surface area (Å²) < 4.78 is 7.10. The van der Waals surface area contributed by atoms with Crippen molar-refractivity contribution in [3.8, 4) is 0 Å². The number of carbonyl (C=O) groups is 2. The summed E-state index contributed by atoms with van der Waals surface area (Å²) in [4.78, 5) is 25.3. The average molecular weight is 429 g/mol. The van der Waals surface area contributed by atoms with Crippen LogP contribution >= 0.6 is 0 Å². The zero-order valence-electron chi connectivity index (χ0n) is 17.3. The summed E-state index contributed by atoms with van der Waals surface area (Å²) in [5, 5.41) is 13.7. The number of carbonyl (C=O) groups excluding carboxylic acids is 2. The van der Waals surface area contributed by atoms with Crippen molar-refractivity contribution in [3.05, 3.63) is 102 Å². The summed E-state index contributed by atoms with van der Waals surface area (Å²) in [7, 11) is 0. The van der Waals surface area contributed by atoms with Crippen molar-refractivity contribution in [2.75, 3.05) is 0 Å². The highest BCUT2D eigenvalue weighted by Gasteiger charge is 2.22. The Balaban J connectivity index is 1.40. The number of nitrogens with zero attached hydrogens (tertiary/aromatic N) is 3. The molecule has 0 fully saturated rings. The van der Waals surface area contributed by atoms with Crippen molar-refractivity contribution in [1.29, 1.82) is 0 Å². The molecule has 2 aromatic heterocycles. The zero-order valence-corrected chi connectivity index (χ0v) is 17.3. The predicted octanol–water partition coefficient (Wildman–Crippen LogP) is 2.88. The lowest BCUT2D eigenvalue weighted by atomic mass is 10.1. The molecule has 8 nitrogen and oxygen atoms in total. The lowest BCUT2D eigenvalue weighted by Crippen LogP contribution is -2.48. The molecule has 0 aliphatic carbocycles. The van der Waals surface area contributed by atoms with Gasteiger partial charge in [-0.25, -0.2) is 4.79 Å². The van der Waals surface area contributed by atoms with Crippen LogP contribution in [0, 0.1) is 0 Å². The molecule has 0 aliphatic rings. The number of ether oxygens (including phenoxy) is 1. The van der Waals surface area contributed by atoms with Crippen molar-refractivity contribution < 1.29 is 14.3 Å². The van der Waals surface area contributed by atoms with Gasteiger partial charge in [0.15, 0.2) is 11.5 Å². The van der Waals surface area contributed by atoms with Crippen LogP contribution in [0.15, 0.2) is 85.1 Å². The first-order chi connectivity index (χ1) is 15.7. The molecule has 0 spiro atoms. The van der Waals surface area contributed by atoms with Gasteiger partial charge in [0.05, 0.1) is 6.54 Å². The van der Waals surface area contributed by atoms with E-state index in [0.29, 0.717) is 17.9 Å². The molecule has 0 aliphatic heterocycles. The molecular formula is C24H23N5O3. The highest BCUT2D eigenvalue weighted by molar-refractivity contribution is 5.85. The summed E-state index contributed by atoms with van der Waals surface area (Å²) in [5.74, 6) is 0.261. The van der Waals surface area contributed by atoms with E-state index in [2.05, 4.69) is 20.8 Å². The molecule has 2 amide bonds. The summed E-state index contributed by atoms with van der Waals surface area (Å²) in [5.41, 5.74) is 2.48. The van der Waals surface area contributed by atoms with E-state index in [9.17, 15) is 9.59 Å². The van der Waals surface area contributed by atoms with Crippen LogP contribution in [-0.4, -0.2) is 32.6 Å². The number of aromatic nitrogens is 3. The Morgan fingerprint density at radius 2 is 1.56 bits per heavy atom. The predicted molar refractivity (Wildman–Crippen MR) is 119 cm³/mol. The maximum absolute atomic E-state index is 12.9. The van der Waals surface area contributed by atoms with E-state index in [-0.39, 0.29) is 19.1 Å². The van der Waals surface area contributed by atoms with Gasteiger partial charge in [0.1, 0.15) is 12.6 Å². The van der Waals surface area contributed by atoms with Crippen LogP contribution in [0.25, 0.3) is 5.65 Å². The number of pyridine rings is 1. The van der Waals surface area contributed by atoms with Gasteiger partial charge < -0.3 is 15.4 Å². The van der Waals surface area contributed by atoms with Gasteiger partial charge in [-0.2, -0.15) is 0 Å². The minimum Gasteiger partial charge on any atom is -0.445 e. The van der Waals surface area contributed by atoms with Gasteiger partial charge in [0, 0.05) is 12.6 Å². The molecule has 0 bridgehead atoms. The fourth-order valence-electron chi connectivity index (χ4n) is 3.27. The first-order valence-corrected chi connectivity index (χ1v) is 10.3. The summed E-state index contributed by atoms with van der Waals surface area (Å²) in [6.45, 7) is 0.300. The fraction of sp³-hybridized carbons (Fsp3) is 0.167. The minimum atomic E-state index is -0.806. The van der Waals surface area contributed by atoms with E-state index < -0.39 is 12.1 Å². The molecule has 0 radical (unpaired) electrons. The van der Waals surface area contributed by atoms with Crippen LogP contribution in [0.1, 0.15) is 17.0 Å². The number of amides is 2. The maximum atomic E-state index is 12.9. The van der Waals surface area contributed by atoms with Gasteiger partial charge in [-0.05, 0) is 23.3 Å². The second-order valence-electron chi connectivity index (χ2n) is 7.21. The molecule has 0 saturated heterocycles. The Kier molecular flexibility index (Phi) is 6.72. The lowest BCUT2D eigenvalue weighted by Gasteiger charge is -2.18. The van der Waals surface area contributed by atoms with E-state index in [4.69, 9.17) is 4.74 Å². The summed E-state index contributed by atoms with van der Waals surface area (Å²) >= 11 is 0. The lowest BCUT2D eigenvalue weighted by molar-refractivity contribution is -0.123. The van der Waals surface area contributed by atoms with Crippen molar-refractivity contribution in [2.24, 2.45) is 0 Å². The molecule has 2 aromatic carbocycles. The maximum Gasteiger partial charge on any atom is 0.408 e. The highest BCUT2D eigenvalue weighted by atomic mass is 16.5. The second kappa shape index (κ2) is 10.2. The first-order valence-electron chi connectivity index (χ1n) is 10.3. The standard InChI is InChI=1S/C24H23N5O3/c30-23(25-16-22-28-27-21-13-7-8-14-29(21)22)20(15-18-9-3-1-4-10-18)26-24(31)32-17-19-11-5-2-6-12-19/h1-14,20H,15-17H2,(H,25,30)(H,26,31). The van der Waals surface area contributed by atoms with E-state index in [1.54, 1.807) is 4.40 Å². The fourth-order valence-corrected chi connectivity index (χ4v) is 3.27. The molecule has 4 rings (SSSR count). The molecule has 32 heavy (non-hydrogen) atoms. The number of rotatable bonds is 8. The van der Waals surface area contributed by atoms with Crippen LogP contribution < -0.4 is 10.6 Å². The molecule has 4 aromatic rings. The zero-order chi connectivity index (χ0) is 22.2. The summed E-state index contributed by atoms with van der Waals surface area (Å²) in [6, 6.07) is 23.6. The van der Waals surface area contributed by atoms with Crippen molar-refractivity contribution >= 4 is 17.6 Å². The third-order valence-corrected chi connectivity index (χ3v) is 4.91. The largest absolute Gasteiger partial charge is 0.445 e. The highest BCUT2D eigenvalue weighted by Crippen LogP contribution is 2.07. The van der Waals surface area contributed by atoms with Gasteiger partial charge in [0.25, 0.3) is 0 Å². The van der Waals surface area contributed by atoms with Crippen LogP contribution in [0.2, 0.25) is 0 Å². The van der Waals surface area contributed by atoms with E-state index in [1.807, 2.05) is 85.1 Å². The Morgan fingerprint density at radius 3 is 2.31 bits per heavy atom. The Labute approximate surface area is 185 Å². The van der Waals surface area contributed by atoms with Crippen LogP contribution in [0.4, 0.5) is 4.79 Å². The number of nitrogens with one attached hydrogen (secondary N) is 2. The number of benzene rings is 2. The first kappa shape index (κ1) is 21.0. The molecule has 2 heterocycles.